The van der Waals surface area contributed by atoms with Gasteiger partial charge in [-0.15, -0.1) is 11.3 Å². The number of para-hydroxylation sites is 1. The Morgan fingerprint density at radius 1 is 1.08 bits per heavy atom. The van der Waals surface area contributed by atoms with Crippen LogP contribution in [0.1, 0.15) is 26.4 Å². The molecule has 3 aromatic rings. The van der Waals surface area contributed by atoms with Crippen molar-refractivity contribution in [2.45, 2.75) is 20.5 Å². The Kier molecular flexibility index (Phi) is 4.96. The van der Waals surface area contributed by atoms with Gasteiger partial charge in [-0.2, -0.15) is 0 Å². The van der Waals surface area contributed by atoms with Gasteiger partial charge in [0.25, 0.3) is 5.91 Å². The SMILES string of the molecule is Cc1ccc(NC(=O)c2cc(COc3ccccc3)cs2)c(C)c1. The highest BCUT2D eigenvalue weighted by molar-refractivity contribution is 7.12. The van der Waals surface area contributed by atoms with E-state index in [9.17, 15) is 4.79 Å². The maximum Gasteiger partial charge on any atom is 0.265 e. The van der Waals surface area contributed by atoms with Crippen LogP contribution in [0.4, 0.5) is 5.69 Å². The van der Waals surface area contributed by atoms with Gasteiger partial charge in [0.2, 0.25) is 0 Å². The molecule has 2 aromatic carbocycles. The van der Waals surface area contributed by atoms with Gasteiger partial charge in [0.15, 0.2) is 0 Å². The Balaban J connectivity index is 1.63. The van der Waals surface area contributed by atoms with Crippen LogP contribution in [-0.4, -0.2) is 5.91 Å². The Bertz CT molecular complexity index is 840. The lowest BCUT2D eigenvalue weighted by Gasteiger charge is -2.08. The summed E-state index contributed by atoms with van der Waals surface area (Å²) in [5.74, 6) is 0.739. The number of carbonyl (C=O) groups is 1. The molecule has 0 spiro atoms. The molecule has 3 rings (SSSR count). The van der Waals surface area contributed by atoms with Crippen LogP contribution < -0.4 is 10.1 Å². The molecule has 1 heterocycles. The monoisotopic (exact) mass is 337 g/mol. The second-order valence-corrected chi connectivity index (χ2v) is 6.60. The highest BCUT2D eigenvalue weighted by Crippen LogP contribution is 2.21. The van der Waals surface area contributed by atoms with Crippen LogP contribution in [0.15, 0.2) is 60.0 Å². The number of benzene rings is 2. The van der Waals surface area contributed by atoms with Crippen molar-refractivity contribution in [2.24, 2.45) is 0 Å². The maximum atomic E-state index is 12.4. The van der Waals surface area contributed by atoms with E-state index in [0.29, 0.717) is 11.5 Å². The number of aryl methyl sites for hydroxylation is 2. The summed E-state index contributed by atoms with van der Waals surface area (Å²) < 4.78 is 5.71. The Morgan fingerprint density at radius 2 is 1.88 bits per heavy atom. The fourth-order valence-corrected chi connectivity index (χ4v) is 3.18. The summed E-state index contributed by atoms with van der Waals surface area (Å²) in [6, 6.07) is 17.5. The first-order valence-electron chi connectivity index (χ1n) is 7.76. The van der Waals surface area contributed by atoms with E-state index in [0.717, 1.165) is 22.6 Å². The molecule has 3 nitrogen and oxygen atoms in total. The lowest BCUT2D eigenvalue weighted by atomic mass is 10.1. The number of ether oxygens (including phenoxy) is 1. The molecule has 24 heavy (non-hydrogen) atoms. The van der Waals surface area contributed by atoms with Crippen molar-refractivity contribution in [3.05, 3.63) is 81.5 Å². The summed E-state index contributed by atoms with van der Waals surface area (Å²) >= 11 is 1.43. The van der Waals surface area contributed by atoms with E-state index in [4.69, 9.17) is 4.74 Å². The van der Waals surface area contributed by atoms with Crippen molar-refractivity contribution in [3.63, 3.8) is 0 Å². The summed E-state index contributed by atoms with van der Waals surface area (Å²) in [6.45, 7) is 4.49. The second-order valence-electron chi connectivity index (χ2n) is 5.69. The van der Waals surface area contributed by atoms with Gasteiger partial charge in [-0.3, -0.25) is 4.79 Å². The lowest BCUT2D eigenvalue weighted by Crippen LogP contribution is -2.11. The normalized spacial score (nSPS) is 10.4. The van der Waals surface area contributed by atoms with E-state index < -0.39 is 0 Å². The third-order valence-corrected chi connectivity index (χ3v) is 4.63. The van der Waals surface area contributed by atoms with E-state index in [2.05, 4.69) is 11.4 Å². The van der Waals surface area contributed by atoms with Crippen molar-refractivity contribution in [3.8, 4) is 5.75 Å². The molecule has 0 fully saturated rings. The van der Waals surface area contributed by atoms with Gasteiger partial charge >= 0.3 is 0 Å². The zero-order chi connectivity index (χ0) is 16.9. The number of rotatable bonds is 5. The Morgan fingerprint density at radius 3 is 2.62 bits per heavy atom. The van der Waals surface area contributed by atoms with Gasteiger partial charge in [0.1, 0.15) is 12.4 Å². The molecule has 122 valence electrons. The van der Waals surface area contributed by atoms with Gasteiger partial charge in [0, 0.05) is 11.3 Å². The van der Waals surface area contributed by atoms with Crippen LogP contribution in [0.2, 0.25) is 0 Å². The number of amides is 1. The number of hydrogen-bond acceptors (Lipinski definition) is 3. The molecule has 0 aliphatic heterocycles. The van der Waals surface area contributed by atoms with Crippen molar-refractivity contribution in [1.29, 1.82) is 0 Å². The fourth-order valence-electron chi connectivity index (χ4n) is 2.39. The third-order valence-electron chi connectivity index (χ3n) is 3.66. The minimum Gasteiger partial charge on any atom is -0.489 e. The van der Waals surface area contributed by atoms with E-state index in [1.807, 2.05) is 67.8 Å². The van der Waals surface area contributed by atoms with Crippen LogP contribution >= 0.6 is 11.3 Å². The average molecular weight is 337 g/mol. The summed E-state index contributed by atoms with van der Waals surface area (Å²) in [5, 5.41) is 4.93. The molecular formula is C20H19NO2S. The summed E-state index contributed by atoms with van der Waals surface area (Å²) in [7, 11) is 0. The Hall–Kier alpha value is -2.59. The smallest absolute Gasteiger partial charge is 0.265 e. The van der Waals surface area contributed by atoms with Gasteiger partial charge in [-0.05, 0) is 49.1 Å². The van der Waals surface area contributed by atoms with Crippen LogP contribution in [0, 0.1) is 13.8 Å². The predicted molar refractivity (Wildman–Crippen MR) is 99.0 cm³/mol. The summed E-state index contributed by atoms with van der Waals surface area (Å²) in [4.78, 5) is 13.1. The first-order valence-corrected chi connectivity index (χ1v) is 8.63. The first kappa shape index (κ1) is 16.3. The molecule has 0 bridgehead atoms. The first-order chi connectivity index (χ1) is 11.6. The van der Waals surface area contributed by atoms with Crippen LogP contribution in [0.3, 0.4) is 0 Å². The molecule has 1 amide bonds. The maximum absolute atomic E-state index is 12.4. The molecule has 0 saturated carbocycles. The van der Waals surface area contributed by atoms with Crippen molar-refractivity contribution < 1.29 is 9.53 Å². The number of thiophene rings is 1. The van der Waals surface area contributed by atoms with E-state index in [-0.39, 0.29) is 5.91 Å². The van der Waals surface area contributed by atoms with Crippen molar-refractivity contribution >= 4 is 22.9 Å². The third kappa shape index (κ3) is 4.03. The quantitative estimate of drug-likeness (QED) is 0.695. The molecule has 4 heteroatoms. The second kappa shape index (κ2) is 7.32. The van der Waals surface area contributed by atoms with Crippen LogP contribution in [-0.2, 0) is 6.61 Å². The highest BCUT2D eigenvalue weighted by Gasteiger charge is 2.11. The van der Waals surface area contributed by atoms with E-state index in [1.54, 1.807) is 0 Å². The zero-order valence-electron chi connectivity index (χ0n) is 13.7. The molecule has 1 N–H and O–H groups in total. The molecule has 0 radical (unpaired) electrons. The minimum absolute atomic E-state index is 0.0853. The molecule has 0 unspecified atom stereocenters. The van der Waals surface area contributed by atoms with Gasteiger partial charge in [0.05, 0.1) is 4.88 Å². The largest absolute Gasteiger partial charge is 0.489 e. The van der Waals surface area contributed by atoms with Crippen molar-refractivity contribution in [1.82, 2.24) is 0 Å². The summed E-state index contributed by atoms with van der Waals surface area (Å²) in [6.07, 6.45) is 0. The Labute approximate surface area is 145 Å². The zero-order valence-corrected chi connectivity index (χ0v) is 14.5. The van der Waals surface area contributed by atoms with Gasteiger partial charge < -0.3 is 10.1 Å². The topological polar surface area (TPSA) is 38.3 Å². The standard InChI is InChI=1S/C20H19NO2S/c1-14-8-9-18(15(2)10-14)21-20(22)19-11-16(13-24-19)12-23-17-6-4-3-5-7-17/h3-11,13H,12H2,1-2H3,(H,21,22). The predicted octanol–water partition coefficient (Wildman–Crippen LogP) is 5.20. The highest BCUT2D eigenvalue weighted by atomic mass is 32.1. The lowest BCUT2D eigenvalue weighted by molar-refractivity contribution is 0.103. The molecule has 1 aromatic heterocycles. The molecule has 0 aliphatic carbocycles. The van der Waals surface area contributed by atoms with Gasteiger partial charge in [-0.25, -0.2) is 0 Å². The van der Waals surface area contributed by atoms with Crippen LogP contribution in [0.5, 0.6) is 5.75 Å². The summed E-state index contributed by atoms with van der Waals surface area (Å²) in [5.41, 5.74) is 4.09. The number of nitrogens with one attached hydrogen (secondary N) is 1. The van der Waals surface area contributed by atoms with E-state index in [1.165, 1.54) is 16.9 Å². The molecule has 0 atom stereocenters. The van der Waals surface area contributed by atoms with Crippen molar-refractivity contribution in [2.75, 3.05) is 5.32 Å². The van der Waals surface area contributed by atoms with E-state index >= 15 is 0 Å². The molecular weight excluding hydrogens is 318 g/mol. The molecule has 0 saturated heterocycles. The van der Waals surface area contributed by atoms with Gasteiger partial charge in [-0.1, -0.05) is 35.9 Å². The minimum atomic E-state index is -0.0853. The number of anilines is 1. The average Bonchev–Trinajstić information content (AvgIpc) is 3.05. The number of carbonyl (C=O) groups excluding carboxylic acids is 1. The molecule has 0 aliphatic rings. The van der Waals surface area contributed by atoms with Crippen LogP contribution in [0.25, 0.3) is 0 Å². The fraction of sp³-hybridized carbons (Fsp3) is 0.150. The number of hydrogen-bond donors (Lipinski definition) is 1.